The first-order chi connectivity index (χ1) is 16.4. The molecule has 0 spiro atoms. The zero-order valence-corrected chi connectivity index (χ0v) is 19.3. The lowest BCUT2D eigenvalue weighted by molar-refractivity contribution is -0.141. The van der Waals surface area contributed by atoms with E-state index in [1.54, 1.807) is 54.6 Å². The van der Waals surface area contributed by atoms with Crippen LogP contribution in [0.4, 0.5) is 11.4 Å². The van der Waals surface area contributed by atoms with Crippen LogP contribution >= 0.6 is 0 Å². The van der Waals surface area contributed by atoms with Crippen molar-refractivity contribution in [3.05, 3.63) is 72.3 Å². The van der Waals surface area contributed by atoms with Gasteiger partial charge in [0.25, 0.3) is 0 Å². The predicted octanol–water partition coefficient (Wildman–Crippen LogP) is 4.32. The van der Waals surface area contributed by atoms with Crippen LogP contribution in [0, 0.1) is 5.92 Å². The highest BCUT2D eigenvalue weighted by Gasteiger charge is 2.28. The average Bonchev–Trinajstić information content (AvgIpc) is 2.82. The fraction of sp³-hybridized carbons (Fsp3) is 0.333. The largest absolute Gasteiger partial charge is 0.462 e. The molecule has 7 nitrogen and oxygen atoms in total. The van der Waals surface area contributed by atoms with Crippen LogP contribution in [-0.4, -0.2) is 31.3 Å². The van der Waals surface area contributed by atoms with Crippen LogP contribution in [0.3, 0.4) is 0 Å². The Morgan fingerprint density at radius 2 is 1.68 bits per heavy atom. The van der Waals surface area contributed by atoms with Gasteiger partial charge in [-0.2, -0.15) is 0 Å². The third-order valence-corrected chi connectivity index (χ3v) is 5.64. The van der Waals surface area contributed by atoms with Crippen LogP contribution in [0.5, 0.6) is 5.75 Å². The van der Waals surface area contributed by atoms with Gasteiger partial charge in [0.15, 0.2) is 0 Å². The molecule has 1 aliphatic carbocycles. The Morgan fingerprint density at radius 1 is 1.00 bits per heavy atom. The van der Waals surface area contributed by atoms with Crippen LogP contribution in [0.25, 0.3) is 6.08 Å². The molecule has 1 aliphatic rings. The maximum Gasteiger partial charge on any atom is 0.330 e. The molecule has 0 saturated heterocycles. The lowest BCUT2D eigenvalue weighted by Gasteiger charge is -2.26. The van der Waals surface area contributed by atoms with E-state index in [2.05, 4.69) is 6.58 Å². The Labute approximate surface area is 200 Å². The highest BCUT2D eigenvalue weighted by molar-refractivity contribution is 5.87. The second kappa shape index (κ2) is 12.6. The Morgan fingerprint density at radius 3 is 2.32 bits per heavy atom. The van der Waals surface area contributed by atoms with Crippen LogP contribution in [0.2, 0.25) is 0 Å². The summed E-state index contributed by atoms with van der Waals surface area (Å²) in [6.45, 7) is 4.42. The summed E-state index contributed by atoms with van der Waals surface area (Å²) in [4.78, 5) is 24.4. The van der Waals surface area contributed by atoms with E-state index in [1.165, 1.54) is 6.08 Å². The van der Waals surface area contributed by atoms with Gasteiger partial charge in [-0.15, -0.1) is 6.58 Å². The monoisotopic (exact) mass is 464 g/mol. The molecule has 180 valence electrons. The third-order valence-electron chi connectivity index (χ3n) is 5.64. The molecule has 0 amide bonds. The molecule has 0 radical (unpaired) electrons. The van der Waals surface area contributed by atoms with E-state index in [0.29, 0.717) is 30.2 Å². The lowest BCUT2D eigenvalue weighted by Crippen LogP contribution is -2.28. The van der Waals surface area contributed by atoms with Crippen molar-refractivity contribution in [1.82, 2.24) is 0 Å². The van der Waals surface area contributed by atoms with E-state index in [-0.39, 0.29) is 24.6 Å². The number of benzene rings is 2. The van der Waals surface area contributed by atoms with Gasteiger partial charge in [-0.05, 0) is 73.2 Å². The minimum Gasteiger partial charge on any atom is -0.462 e. The van der Waals surface area contributed by atoms with Crippen molar-refractivity contribution in [2.45, 2.75) is 38.2 Å². The molecule has 2 aromatic rings. The average molecular weight is 465 g/mol. The van der Waals surface area contributed by atoms with Crippen molar-refractivity contribution in [1.29, 1.82) is 0 Å². The zero-order chi connectivity index (χ0) is 24.3. The molecule has 0 aromatic heterocycles. The summed E-state index contributed by atoms with van der Waals surface area (Å²) >= 11 is 0. The fourth-order valence-corrected chi connectivity index (χ4v) is 3.89. The van der Waals surface area contributed by atoms with Gasteiger partial charge < -0.3 is 25.7 Å². The number of ether oxygens (including phenoxy) is 3. The van der Waals surface area contributed by atoms with E-state index in [4.69, 9.17) is 25.7 Å². The van der Waals surface area contributed by atoms with E-state index >= 15 is 0 Å². The number of esters is 2. The number of carbonyl (C=O) groups excluding carboxylic acids is 2. The molecule has 1 fully saturated rings. The van der Waals surface area contributed by atoms with Gasteiger partial charge in [-0.3, -0.25) is 4.79 Å². The molecule has 2 aromatic carbocycles. The Kier molecular flexibility index (Phi) is 9.29. The van der Waals surface area contributed by atoms with Crippen molar-refractivity contribution >= 4 is 29.4 Å². The molecular formula is C27H32N2O5. The standard InChI is InChI=1S/C27H32N2O5/c1-2-14-32-24-10-6-21(7-11-24)27(31)34-25-8-3-19(4-9-25)5-12-26(30)33-15-13-20-16-22(28)18-23(29)17-20/h2-5,8-9,12,16-18,21,24H,1,6-7,10-11,13-15,28-29H2. The van der Waals surface area contributed by atoms with Gasteiger partial charge >= 0.3 is 11.9 Å². The molecule has 4 N–H and O–H groups in total. The summed E-state index contributed by atoms with van der Waals surface area (Å²) in [6.07, 6.45) is 8.68. The third kappa shape index (κ3) is 8.08. The Hall–Kier alpha value is -3.58. The maximum absolute atomic E-state index is 12.5. The predicted molar refractivity (Wildman–Crippen MR) is 133 cm³/mol. The molecule has 1 saturated carbocycles. The van der Waals surface area contributed by atoms with Gasteiger partial charge in [-0.25, -0.2) is 4.79 Å². The number of anilines is 2. The molecular weight excluding hydrogens is 432 g/mol. The van der Waals surface area contributed by atoms with Crippen LogP contribution in [0.15, 0.2) is 61.2 Å². The SMILES string of the molecule is C=CCOC1CCC(C(=O)Oc2ccc(C=CC(=O)OCCc3cc(N)cc(N)c3)cc2)CC1. The van der Waals surface area contributed by atoms with Crippen molar-refractivity contribution in [2.24, 2.45) is 5.92 Å². The van der Waals surface area contributed by atoms with E-state index < -0.39 is 5.97 Å². The summed E-state index contributed by atoms with van der Waals surface area (Å²) < 4.78 is 16.4. The van der Waals surface area contributed by atoms with Crippen molar-refractivity contribution in [3.63, 3.8) is 0 Å². The summed E-state index contributed by atoms with van der Waals surface area (Å²) in [5.41, 5.74) is 14.4. The van der Waals surface area contributed by atoms with Gasteiger partial charge in [0.05, 0.1) is 25.2 Å². The second-order valence-electron chi connectivity index (χ2n) is 8.34. The number of rotatable bonds is 10. The van der Waals surface area contributed by atoms with Crippen LogP contribution in [-0.2, 0) is 25.5 Å². The molecule has 3 rings (SSSR count). The van der Waals surface area contributed by atoms with E-state index in [1.807, 2.05) is 0 Å². The summed E-state index contributed by atoms with van der Waals surface area (Å²) in [5.74, 6) is -0.283. The van der Waals surface area contributed by atoms with Gasteiger partial charge in [-0.1, -0.05) is 18.2 Å². The smallest absolute Gasteiger partial charge is 0.330 e. The fourth-order valence-electron chi connectivity index (χ4n) is 3.89. The summed E-state index contributed by atoms with van der Waals surface area (Å²) in [6, 6.07) is 12.3. The highest BCUT2D eigenvalue weighted by atomic mass is 16.5. The van der Waals surface area contributed by atoms with E-state index in [0.717, 1.165) is 36.8 Å². The first-order valence-electron chi connectivity index (χ1n) is 11.5. The molecule has 0 bridgehead atoms. The first kappa shape index (κ1) is 25.1. The van der Waals surface area contributed by atoms with Gasteiger partial charge in [0.1, 0.15) is 5.75 Å². The molecule has 7 heteroatoms. The van der Waals surface area contributed by atoms with Gasteiger partial charge in [0, 0.05) is 23.9 Å². The maximum atomic E-state index is 12.5. The second-order valence-corrected chi connectivity index (χ2v) is 8.34. The first-order valence-corrected chi connectivity index (χ1v) is 11.5. The highest BCUT2D eigenvalue weighted by Crippen LogP contribution is 2.28. The molecule has 34 heavy (non-hydrogen) atoms. The topological polar surface area (TPSA) is 114 Å². The molecule has 0 aliphatic heterocycles. The molecule has 0 unspecified atom stereocenters. The minimum absolute atomic E-state index is 0.110. The van der Waals surface area contributed by atoms with Crippen molar-refractivity contribution in [3.8, 4) is 5.75 Å². The zero-order valence-electron chi connectivity index (χ0n) is 19.3. The number of hydrogen-bond donors (Lipinski definition) is 2. The number of carbonyl (C=O) groups is 2. The van der Waals surface area contributed by atoms with Crippen molar-refractivity contribution < 1.29 is 23.8 Å². The normalized spacial score (nSPS) is 17.9. The quantitative estimate of drug-likeness (QED) is 0.177. The number of nitrogens with two attached hydrogens (primary N) is 2. The summed E-state index contributed by atoms with van der Waals surface area (Å²) in [5, 5.41) is 0. The number of hydrogen-bond acceptors (Lipinski definition) is 7. The summed E-state index contributed by atoms with van der Waals surface area (Å²) in [7, 11) is 0. The lowest BCUT2D eigenvalue weighted by atomic mass is 9.87. The van der Waals surface area contributed by atoms with E-state index in [9.17, 15) is 9.59 Å². The Balaban J connectivity index is 1.40. The Bertz CT molecular complexity index is 988. The molecule has 0 atom stereocenters. The number of nitrogen functional groups attached to an aromatic ring is 2. The van der Waals surface area contributed by atoms with Gasteiger partial charge in [0.2, 0.25) is 0 Å². The van der Waals surface area contributed by atoms with Crippen LogP contribution < -0.4 is 16.2 Å². The molecule has 0 heterocycles. The minimum atomic E-state index is -0.444. The van der Waals surface area contributed by atoms with Crippen molar-refractivity contribution in [2.75, 3.05) is 24.7 Å². The van der Waals surface area contributed by atoms with Crippen LogP contribution in [0.1, 0.15) is 36.8 Å².